The highest BCUT2D eigenvalue weighted by Gasteiger charge is 2.29. The fourth-order valence-electron chi connectivity index (χ4n) is 4.00. The molecule has 2 aliphatic rings. The Morgan fingerprint density at radius 1 is 1.17 bits per heavy atom. The zero-order chi connectivity index (χ0) is 16.5. The van der Waals surface area contributed by atoms with Crippen LogP contribution in [0.2, 0.25) is 0 Å². The quantitative estimate of drug-likeness (QED) is 0.920. The monoisotopic (exact) mass is 324 g/mol. The lowest BCUT2D eigenvalue weighted by Crippen LogP contribution is -2.53. The van der Waals surface area contributed by atoms with E-state index in [-0.39, 0.29) is 5.91 Å². The van der Waals surface area contributed by atoms with Crippen LogP contribution in [0, 0.1) is 6.92 Å². The van der Waals surface area contributed by atoms with E-state index >= 15 is 0 Å². The summed E-state index contributed by atoms with van der Waals surface area (Å²) in [5, 5.41) is 0. The number of nitrogens with zero attached hydrogens (tertiary/aromatic N) is 3. The van der Waals surface area contributed by atoms with Gasteiger partial charge in [-0.15, -0.1) is 0 Å². The Morgan fingerprint density at radius 2 is 1.92 bits per heavy atom. The van der Waals surface area contributed by atoms with Crippen LogP contribution < -0.4 is 0 Å². The second-order valence-electron chi connectivity index (χ2n) is 6.87. The molecule has 2 heterocycles. The van der Waals surface area contributed by atoms with E-state index in [2.05, 4.69) is 39.1 Å². The highest BCUT2D eigenvalue weighted by molar-refractivity contribution is 5.93. The normalized spacial score (nSPS) is 21.5. The highest BCUT2D eigenvalue weighted by atomic mass is 16.2. The van der Waals surface area contributed by atoms with Gasteiger partial charge < -0.3 is 9.88 Å². The molecule has 24 heavy (non-hydrogen) atoms. The Labute approximate surface area is 142 Å². The van der Waals surface area contributed by atoms with Gasteiger partial charge >= 0.3 is 0 Å². The van der Waals surface area contributed by atoms with E-state index in [0.29, 0.717) is 11.7 Å². The molecule has 1 N–H and O–H groups in total. The van der Waals surface area contributed by atoms with E-state index in [9.17, 15) is 4.79 Å². The zero-order valence-electron chi connectivity index (χ0n) is 14.2. The molecule has 1 saturated heterocycles. The summed E-state index contributed by atoms with van der Waals surface area (Å²) < 4.78 is 0. The number of benzene rings is 1. The second kappa shape index (κ2) is 6.40. The summed E-state index contributed by atoms with van der Waals surface area (Å²) in [6, 6.07) is 9.42. The first-order valence-corrected chi connectivity index (χ1v) is 8.82. The van der Waals surface area contributed by atoms with Gasteiger partial charge in [0.25, 0.3) is 5.91 Å². The molecule has 5 nitrogen and oxygen atoms in total. The van der Waals surface area contributed by atoms with Gasteiger partial charge in [0.05, 0.1) is 6.33 Å². The maximum absolute atomic E-state index is 12.6. The predicted octanol–water partition coefficient (Wildman–Crippen LogP) is 2.03. The van der Waals surface area contributed by atoms with Gasteiger partial charge in [0.2, 0.25) is 0 Å². The molecule has 1 aromatic carbocycles. The Hall–Kier alpha value is -2.14. The van der Waals surface area contributed by atoms with Crippen molar-refractivity contribution in [3.05, 3.63) is 53.1 Å². The van der Waals surface area contributed by atoms with E-state index in [1.807, 2.05) is 11.8 Å². The number of rotatable bonds is 2. The van der Waals surface area contributed by atoms with Crippen molar-refractivity contribution in [3.63, 3.8) is 0 Å². The number of imidazole rings is 1. The summed E-state index contributed by atoms with van der Waals surface area (Å²) in [5.74, 6) is 0.0578. The third kappa shape index (κ3) is 2.84. The van der Waals surface area contributed by atoms with Crippen molar-refractivity contribution in [1.29, 1.82) is 0 Å². The van der Waals surface area contributed by atoms with Gasteiger partial charge in [0.1, 0.15) is 5.69 Å². The number of nitrogens with one attached hydrogen (secondary N) is 1. The average Bonchev–Trinajstić information content (AvgIpc) is 3.07. The number of carbonyl (C=O) groups is 1. The number of piperazine rings is 1. The molecule has 0 radical (unpaired) electrons. The molecule has 0 bridgehead atoms. The molecule has 5 heteroatoms. The molecule has 1 amide bonds. The molecular weight excluding hydrogens is 300 g/mol. The number of aromatic nitrogens is 2. The van der Waals surface area contributed by atoms with Crippen molar-refractivity contribution in [3.8, 4) is 0 Å². The number of aromatic amines is 1. The summed E-state index contributed by atoms with van der Waals surface area (Å²) in [6.45, 7) is 5.41. The minimum Gasteiger partial charge on any atom is -0.348 e. The van der Waals surface area contributed by atoms with Crippen molar-refractivity contribution in [2.75, 3.05) is 26.2 Å². The number of hydrogen-bond donors (Lipinski definition) is 1. The molecule has 1 aliphatic heterocycles. The topological polar surface area (TPSA) is 52.2 Å². The number of fused-ring (bicyclic) bond motifs is 1. The molecule has 1 aromatic heterocycles. The Bertz CT molecular complexity index is 730. The van der Waals surface area contributed by atoms with E-state index in [1.54, 1.807) is 6.33 Å². The fraction of sp³-hybridized carbons (Fsp3) is 0.474. The van der Waals surface area contributed by atoms with Crippen LogP contribution in [0.25, 0.3) is 0 Å². The third-order valence-electron chi connectivity index (χ3n) is 5.47. The first-order valence-electron chi connectivity index (χ1n) is 8.82. The molecule has 126 valence electrons. The van der Waals surface area contributed by atoms with Crippen molar-refractivity contribution in [2.45, 2.75) is 32.2 Å². The number of H-pyrrole nitrogens is 1. The molecular formula is C19H24N4O. The minimum atomic E-state index is 0.0578. The van der Waals surface area contributed by atoms with Crippen molar-refractivity contribution in [2.24, 2.45) is 0 Å². The van der Waals surface area contributed by atoms with Crippen LogP contribution in [0.4, 0.5) is 0 Å². The molecule has 1 aliphatic carbocycles. The smallest absolute Gasteiger partial charge is 0.274 e. The first kappa shape index (κ1) is 15.4. The number of aryl methyl sites for hydroxylation is 2. The lowest BCUT2D eigenvalue weighted by atomic mass is 9.87. The predicted molar refractivity (Wildman–Crippen MR) is 93.1 cm³/mol. The lowest BCUT2D eigenvalue weighted by Gasteiger charge is -2.41. The van der Waals surface area contributed by atoms with E-state index in [0.717, 1.165) is 38.3 Å². The third-order valence-corrected chi connectivity index (χ3v) is 5.47. The van der Waals surface area contributed by atoms with Gasteiger partial charge in [-0.2, -0.15) is 0 Å². The van der Waals surface area contributed by atoms with Crippen LogP contribution in [0.3, 0.4) is 0 Å². The minimum absolute atomic E-state index is 0.0578. The van der Waals surface area contributed by atoms with Gasteiger partial charge in [-0.3, -0.25) is 9.69 Å². The summed E-state index contributed by atoms with van der Waals surface area (Å²) in [5.41, 5.74) is 4.43. The fourth-order valence-corrected chi connectivity index (χ4v) is 4.00. The van der Waals surface area contributed by atoms with Crippen LogP contribution in [0.1, 0.15) is 33.7 Å². The van der Waals surface area contributed by atoms with Gasteiger partial charge in [0, 0.05) is 37.9 Å². The van der Waals surface area contributed by atoms with Gasteiger partial charge in [-0.25, -0.2) is 4.98 Å². The number of carbonyl (C=O) groups excluding carboxylic acids is 1. The number of amides is 1. The Kier molecular flexibility index (Phi) is 4.10. The van der Waals surface area contributed by atoms with Crippen LogP contribution >= 0.6 is 0 Å². The largest absolute Gasteiger partial charge is 0.348 e. The zero-order valence-corrected chi connectivity index (χ0v) is 14.2. The lowest BCUT2D eigenvalue weighted by molar-refractivity contribution is 0.0547. The summed E-state index contributed by atoms with van der Waals surface area (Å²) in [4.78, 5) is 24.2. The Balaban J connectivity index is 1.37. The maximum atomic E-state index is 12.6. The Morgan fingerprint density at radius 3 is 2.62 bits per heavy atom. The SMILES string of the molecule is Cc1[nH]cnc1C(=O)N1CCN([C@H]2CCc3ccccc3C2)CC1. The molecule has 1 fully saturated rings. The first-order chi connectivity index (χ1) is 11.7. The van der Waals surface area contributed by atoms with E-state index in [1.165, 1.54) is 24.0 Å². The molecule has 0 unspecified atom stereocenters. The van der Waals surface area contributed by atoms with E-state index < -0.39 is 0 Å². The maximum Gasteiger partial charge on any atom is 0.274 e. The summed E-state index contributed by atoms with van der Waals surface area (Å²) in [7, 11) is 0. The number of hydrogen-bond acceptors (Lipinski definition) is 3. The summed E-state index contributed by atoms with van der Waals surface area (Å²) in [6.07, 6.45) is 5.14. The van der Waals surface area contributed by atoms with Crippen molar-refractivity contribution in [1.82, 2.24) is 19.8 Å². The molecule has 0 spiro atoms. The average molecular weight is 324 g/mol. The standard InChI is InChI=1S/C19H24N4O/c1-14-18(21-13-20-14)19(24)23-10-8-22(9-11-23)17-7-6-15-4-2-3-5-16(15)12-17/h2-5,13,17H,6-12H2,1H3,(H,20,21)/t17-/m0/s1. The van der Waals surface area contributed by atoms with Gasteiger partial charge in [-0.1, -0.05) is 24.3 Å². The second-order valence-corrected chi connectivity index (χ2v) is 6.87. The summed E-state index contributed by atoms with van der Waals surface area (Å²) >= 11 is 0. The van der Waals surface area contributed by atoms with E-state index in [4.69, 9.17) is 0 Å². The van der Waals surface area contributed by atoms with Crippen LogP contribution in [-0.4, -0.2) is 57.9 Å². The molecule has 1 atom stereocenters. The molecule has 4 rings (SSSR count). The van der Waals surface area contributed by atoms with Crippen LogP contribution in [0.5, 0.6) is 0 Å². The molecule has 0 saturated carbocycles. The van der Waals surface area contributed by atoms with Crippen molar-refractivity contribution >= 4 is 5.91 Å². The van der Waals surface area contributed by atoms with Crippen LogP contribution in [-0.2, 0) is 12.8 Å². The van der Waals surface area contributed by atoms with Gasteiger partial charge in [0.15, 0.2) is 0 Å². The van der Waals surface area contributed by atoms with Crippen molar-refractivity contribution < 1.29 is 4.79 Å². The van der Waals surface area contributed by atoms with Crippen LogP contribution in [0.15, 0.2) is 30.6 Å². The van der Waals surface area contributed by atoms with Gasteiger partial charge in [-0.05, 0) is 37.3 Å². The highest BCUT2D eigenvalue weighted by Crippen LogP contribution is 2.25. The molecule has 2 aromatic rings.